The molecule has 92 valence electrons. The van der Waals surface area contributed by atoms with Crippen LogP contribution in [0.25, 0.3) is 11.1 Å². The van der Waals surface area contributed by atoms with Gasteiger partial charge in [-0.3, -0.25) is 4.79 Å². The van der Waals surface area contributed by atoms with Gasteiger partial charge in [-0.2, -0.15) is 0 Å². The molecule has 2 aromatic rings. The van der Waals surface area contributed by atoms with Crippen LogP contribution < -0.4 is 4.74 Å². The second-order valence-corrected chi connectivity index (χ2v) is 4.09. The summed E-state index contributed by atoms with van der Waals surface area (Å²) in [5.41, 5.74) is 2.87. The molecule has 2 heteroatoms. The summed E-state index contributed by atoms with van der Waals surface area (Å²) in [4.78, 5) is 11.3. The molecule has 0 saturated carbocycles. The van der Waals surface area contributed by atoms with E-state index in [0.29, 0.717) is 6.61 Å². The Balaban J connectivity index is 2.30. The first-order valence-corrected chi connectivity index (χ1v) is 6.05. The van der Waals surface area contributed by atoms with Crippen molar-refractivity contribution in [3.05, 3.63) is 54.1 Å². The molecule has 18 heavy (non-hydrogen) atoms. The fraction of sp³-hybridized carbons (Fsp3) is 0.188. The number of ether oxygens (including phenoxy) is 1. The van der Waals surface area contributed by atoms with Gasteiger partial charge in [0.05, 0.1) is 6.61 Å². The summed E-state index contributed by atoms with van der Waals surface area (Å²) in [6.45, 7) is 4.21. The van der Waals surface area contributed by atoms with E-state index in [1.54, 1.807) is 6.92 Å². The van der Waals surface area contributed by atoms with Gasteiger partial charge in [0, 0.05) is 5.56 Å². The molecule has 0 aliphatic carbocycles. The Labute approximate surface area is 107 Å². The summed E-state index contributed by atoms with van der Waals surface area (Å²) < 4.78 is 5.40. The Morgan fingerprint density at radius 3 is 2.39 bits per heavy atom. The maximum atomic E-state index is 11.3. The van der Waals surface area contributed by atoms with Gasteiger partial charge in [-0.1, -0.05) is 30.3 Å². The van der Waals surface area contributed by atoms with Gasteiger partial charge in [0.15, 0.2) is 5.78 Å². The van der Waals surface area contributed by atoms with Crippen molar-refractivity contribution in [2.24, 2.45) is 0 Å². The molecule has 0 saturated heterocycles. The van der Waals surface area contributed by atoms with E-state index in [-0.39, 0.29) is 5.78 Å². The number of rotatable bonds is 4. The normalized spacial score (nSPS) is 10.1. The lowest BCUT2D eigenvalue weighted by atomic mass is 10.0. The van der Waals surface area contributed by atoms with Crippen LogP contribution in [0.15, 0.2) is 48.5 Å². The number of benzene rings is 2. The zero-order valence-corrected chi connectivity index (χ0v) is 10.6. The van der Waals surface area contributed by atoms with E-state index in [0.717, 1.165) is 22.4 Å². The molecule has 0 N–H and O–H groups in total. The standard InChI is InChI=1S/C16H16O2/c1-3-18-16-9-7-13(8-10-16)15-6-4-5-14(11-15)12(2)17/h4-11H,3H2,1-2H3. The van der Waals surface area contributed by atoms with Crippen molar-refractivity contribution in [3.63, 3.8) is 0 Å². The fourth-order valence-electron chi connectivity index (χ4n) is 1.83. The second kappa shape index (κ2) is 5.50. The second-order valence-electron chi connectivity index (χ2n) is 4.09. The maximum absolute atomic E-state index is 11.3. The van der Waals surface area contributed by atoms with Gasteiger partial charge in [0.2, 0.25) is 0 Å². The van der Waals surface area contributed by atoms with Crippen LogP contribution in [0.3, 0.4) is 0 Å². The Morgan fingerprint density at radius 2 is 1.78 bits per heavy atom. The molecule has 2 rings (SSSR count). The van der Waals surface area contributed by atoms with Crippen LogP contribution >= 0.6 is 0 Å². The topological polar surface area (TPSA) is 26.3 Å². The minimum atomic E-state index is 0.0859. The minimum absolute atomic E-state index is 0.0859. The highest BCUT2D eigenvalue weighted by Gasteiger charge is 2.02. The van der Waals surface area contributed by atoms with Crippen LogP contribution in [0, 0.1) is 0 Å². The van der Waals surface area contributed by atoms with E-state index >= 15 is 0 Å². The van der Waals surface area contributed by atoms with Crippen molar-refractivity contribution in [2.45, 2.75) is 13.8 Å². The molecule has 2 nitrogen and oxygen atoms in total. The highest BCUT2D eigenvalue weighted by atomic mass is 16.5. The molecule has 0 radical (unpaired) electrons. The first kappa shape index (κ1) is 12.4. The van der Waals surface area contributed by atoms with Crippen molar-refractivity contribution in [2.75, 3.05) is 6.61 Å². The summed E-state index contributed by atoms with van der Waals surface area (Å²) in [5.74, 6) is 0.951. The number of carbonyl (C=O) groups excluding carboxylic acids is 1. The van der Waals surface area contributed by atoms with E-state index in [1.165, 1.54) is 0 Å². The summed E-state index contributed by atoms with van der Waals surface area (Å²) >= 11 is 0. The number of hydrogen-bond donors (Lipinski definition) is 0. The van der Waals surface area contributed by atoms with E-state index in [9.17, 15) is 4.79 Å². The summed E-state index contributed by atoms with van der Waals surface area (Å²) in [7, 11) is 0. The molecular formula is C16H16O2. The Bertz CT molecular complexity index is 541. The van der Waals surface area contributed by atoms with Gasteiger partial charge in [-0.15, -0.1) is 0 Å². The molecule has 2 aromatic carbocycles. The van der Waals surface area contributed by atoms with Crippen LogP contribution in [0.5, 0.6) is 5.75 Å². The number of ketones is 1. The summed E-state index contributed by atoms with van der Waals surface area (Å²) in [6.07, 6.45) is 0. The highest BCUT2D eigenvalue weighted by molar-refractivity contribution is 5.95. The molecule has 0 aromatic heterocycles. The number of hydrogen-bond acceptors (Lipinski definition) is 2. The minimum Gasteiger partial charge on any atom is -0.494 e. The molecule has 0 fully saturated rings. The first-order valence-electron chi connectivity index (χ1n) is 6.05. The van der Waals surface area contributed by atoms with E-state index in [4.69, 9.17) is 4.74 Å². The largest absolute Gasteiger partial charge is 0.494 e. The Kier molecular flexibility index (Phi) is 3.78. The van der Waals surface area contributed by atoms with Crippen LogP contribution in [0.2, 0.25) is 0 Å². The smallest absolute Gasteiger partial charge is 0.159 e. The molecule has 0 amide bonds. The molecule has 0 aliphatic rings. The lowest BCUT2D eigenvalue weighted by Crippen LogP contribution is -1.92. The van der Waals surface area contributed by atoms with Crippen LogP contribution in [-0.2, 0) is 0 Å². The Hall–Kier alpha value is -2.09. The van der Waals surface area contributed by atoms with E-state index in [2.05, 4.69) is 0 Å². The van der Waals surface area contributed by atoms with Gasteiger partial charge in [0.1, 0.15) is 5.75 Å². The van der Waals surface area contributed by atoms with Crippen molar-refractivity contribution in [1.29, 1.82) is 0 Å². The number of Topliss-reactive ketones (excluding diaryl/α,β-unsaturated/α-hetero) is 1. The molecule has 0 aliphatic heterocycles. The number of carbonyl (C=O) groups is 1. The Morgan fingerprint density at radius 1 is 1.06 bits per heavy atom. The lowest BCUT2D eigenvalue weighted by molar-refractivity contribution is 0.101. The van der Waals surface area contributed by atoms with Crippen molar-refractivity contribution >= 4 is 5.78 Å². The van der Waals surface area contributed by atoms with E-state index < -0.39 is 0 Å². The molecule has 0 atom stereocenters. The third-order valence-corrected chi connectivity index (χ3v) is 2.77. The van der Waals surface area contributed by atoms with Gasteiger partial charge >= 0.3 is 0 Å². The highest BCUT2D eigenvalue weighted by Crippen LogP contribution is 2.23. The first-order chi connectivity index (χ1) is 8.70. The van der Waals surface area contributed by atoms with Gasteiger partial charge in [-0.05, 0) is 43.2 Å². The zero-order valence-electron chi connectivity index (χ0n) is 10.6. The lowest BCUT2D eigenvalue weighted by Gasteiger charge is -2.06. The monoisotopic (exact) mass is 240 g/mol. The molecular weight excluding hydrogens is 224 g/mol. The van der Waals surface area contributed by atoms with Crippen molar-refractivity contribution in [1.82, 2.24) is 0 Å². The van der Waals surface area contributed by atoms with Crippen LogP contribution in [0.4, 0.5) is 0 Å². The van der Waals surface area contributed by atoms with Crippen LogP contribution in [0.1, 0.15) is 24.2 Å². The predicted octanol–water partition coefficient (Wildman–Crippen LogP) is 3.95. The zero-order chi connectivity index (χ0) is 13.0. The van der Waals surface area contributed by atoms with E-state index in [1.807, 2.05) is 55.5 Å². The SMILES string of the molecule is CCOc1ccc(-c2cccc(C(C)=O)c2)cc1. The fourth-order valence-corrected chi connectivity index (χ4v) is 1.83. The maximum Gasteiger partial charge on any atom is 0.159 e. The van der Waals surface area contributed by atoms with Gasteiger partial charge in [-0.25, -0.2) is 0 Å². The molecule has 0 bridgehead atoms. The molecule has 0 heterocycles. The third-order valence-electron chi connectivity index (χ3n) is 2.77. The quantitative estimate of drug-likeness (QED) is 0.756. The van der Waals surface area contributed by atoms with Gasteiger partial charge in [0.25, 0.3) is 0 Å². The molecule has 0 unspecified atom stereocenters. The average Bonchev–Trinajstić information content (AvgIpc) is 2.40. The van der Waals surface area contributed by atoms with Crippen molar-refractivity contribution in [3.8, 4) is 16.9 Å². The summed E-state index contributed by atoms with van der Waals surface area (Å²) in [5, 5.41) is 0. The predicted molar refractivity (Wildman–Crippen MR) is 73.1 cm³/mol. The summed E-state index contributed by atoms with van der Waals surface area (Å²) in [6, 6.07) is 15.6. The molecule has 0 spiro atoms. The average molecular weight is 240 g/mol. The van der Waals surface area contributed by atoms with Gasteiger partial charge < -0.3 is 4.74 Å². The van der Waals surface area contributed by atoms with Crippen molar-refractivity contribution < 1.29 is 9.53 Å². The van der Waals surface area contributed by atoms with Crippen LogP contribution in [-0.4, -0.2) is 12.4 Å². The third kappa shape index (κ3) is 2.77.